The third kappa shape index (κ3) is 3.20. The van der Waals surface area contributed by atoms with Gasteiger partial charge in [-0.1, -0.05) is 0 Å². The van der Waals surface area contributed by atoms with E-state index in [-0.39, 0.29) is 0 Å². The van der Waals surface area contributed by atoms with Crippen LogP contribution in [0.4, 0.5) is 5.95 Å². The lowest BCUT2D eigenvalue weighted by Gasteiger charge is -2.25. The third-order valence-electron chi connectivity index (χ3n) is 5.66. The Balaban J connectivity index is 1.62. The van der Waals surface area contributed by atoms with Crippen LogP contribution in [0.15, 0.2) is 0 Å². The number of methoxy groups -OCH3 is 1. The van der Waals surface area contributed by atoms with Crippen molar-refractivity contribution in [2.75, 3.05) is 25.1 Å². The van der Waals surface area contributed by atoms with Crippen molar-refractivity contribution >= 4 is 5.95 Å². The Bertz CT molecular complexity index is 621. The van der Waals surface area contributed by atoms with Crippen LogP contribution < -0.4 is 9.64 Å². The highest BCUT2D eigenvalue weighted by atomic mass is 16.5. The molecule has 1 aromatic rings. The van der Waals surface area contributed by atoms with Gasteiger partial charge in [0.25, 0.3) is 0 Å². The summed E-state index contributed by atoms with van der Waals surface area (Å²) in [7, 11) is 1.54. The van der Waals surface area contributed by atoms with Crippen LogP contribution in [0.3, 0.4) is 0 Å². The molecule has 0 unspecified atom stereocenters. The number of rotatable bonds is 4. The van der Waals surface area contributed by atoms with Gasteiger partial charge in [-0.25, -0.2) is 4.98 Å². The summed E-state index contributed by atoms with van der Waals surface area (Å²) in [5.74, 6) is 1.32. The second-order valence-corrected chi connectivity index (χ2v) is 7.30. The molecule has 0 amide bonds. The van der Waals surface area contributed by atoms with Crippen LogP contribution in [0, 0.1) is 0 Å². The average Bonchev–Trinajstić information content (AvgIpc) is 3.26. The lowest BCUT2D eigenvalue weighted by Crippen LogP contribution is -2.35. The number of hydrogen-bond donors (Lipinski definition) is 2. The van der Waals surface area contributed by atoms with Gasteiger partial charge in [-0.15, -0.1) is 0 Å². The topological polar surface area (TPSA) is 87.9 Å². The Morgan fingerprint density at radius 2 is 1.68 bits per heavy atom. The average molecular weight is 349 g/mol. The summed E-state index contributed by atoms with van der Waals surface area (Å²) < 4.78 is 11.4. The maximum absolute atomic E-state index is 10.3. The molecule has 1 aliphatic heterocycles. The largest absolute Gasteiger partial charge is 0.471 e. The molecule has 2 heterocycles. The first kappa shape index (κ1) is 17.0. The molecule has 2 aliphatic carbocycles. The van der Waals surface area contributed by atoms with Crippen LogP contribution in [-0.4, -0.2) is 64.8 Å². The molecule has 0 spiro atoms. The molecule has 25 heavy (non-hydrogen) atoms. The van der Waals surface area contributed by atoms with E-state index in [1.165, 1.54) is 12.8 Å². The van der Waals surface area contributed by atoms with Gasteiger partial charge in [0.1, 0.15) is 18.3 Å². The lowest BCUT2D eigenvalue weighted by atomic mass is 9.97. The molecule has 138 valence electrons. The molecule has 4 atom stereocenters. The van der Waals surface area contributed by atoms with E-state index < -0.39 is 24.4 Å². The zero-order chi connectivity index (χ0) is 17.4. The molecular weight excluding hydrogens is 322 g/mol. The summed E-state index contributed by atoms with van der Waals surface area (Å²) in [6.45, 7) is 1.96. The highest BCUT2D eigenvalue weighted by Crippen LogP contribution is 2.33. The molecule has 1 saturated carbocycles. The quantitative estimate of drug-likeness (QED) is 0.833. The second kappa shape index (κ2) is 7.05. The van der Waals surface area contributed by atoms with E-state index in [1.54, 1.807) is 7.11 Å². The molecule has 3 aliphatic rings. The molecule has 7 nitrogen and oxygen atoms in total. The Morgan fingerprint density at radius 3 is 2.40 bits per heavy atom. The molecule has 2 N–H and O–H groups in total. The van der Waals surface area contributed by atoms with E-state index in [0.29, 0.717) is 12.3 Å². The Hall–Kier alpha value is -1.44. The Morgan fingerprint density at radius 1 is 0.960 bits per heavy atom. The van der Waals surface area contributed by atoms with Crippen molar-refractivity contribution in [1.29, 1.82) is 0 Å². The molecule has 0 aromatic carbocycles. The first-order valence-corrected chi connectivity index (χ1v) is 9.37. The number of nitrogens with zero attached hydrogens (tertiary/aromatic N) is 3. The van der Waals surface area contributed by atoms with E-state index in [2.05, 4.69) is 4.90 Å². The number of aromatic nitrogens is 2. The number of anilines is 1. The zero-order valence-corrected chi connectivity index (χ0v) is 14.7. The Labute approximate surface area is 148 Å². The molecular formula is C18H27N3O4. The van der Waals surface area contributed by atoms with E-state index in [9.17, 15) is 10.2 Å². The monoisotopic (exact) mass is 349 g/mol. The molecule has 1 aromatic heterocycles. The number of aliphatic hydroxyl groups is 2. The van der Waals surface area contributed by atoms with Crippen LogP contribution in [0.2, 0.25) is 0 Å². The molecule has 0 bridgehead atoms. The lowest BCUT2D eigenvalue weighted by molar-refractivity contribution is -0.0486. The number of aryl methyl sites for hydroxylation is 1. The molecule has 1 saturated heterocycles. The van der Waals surface area contributed by atoms with Crippen molar-refractivity contribution in [2.24, 2.45) is 0 Å². The number of fused-ring (bicyclic) bond motifs is 1. The van der Waals surface area contributed by atoms with Gasteiger partial charge in [0.05, 0.1) is 11.8 Å². The summed E-state index contributed by atoms with van der Waals surface area (Å²) in [6.07, 6.45) is 4.08. The van der Waals surface area contributed by atoms with Gasteiger partial charge in [0.2, 0.25) is 11.8 Å². The van der Waals surface area contributed by atoms with Gasteiger partial charge in [-0.05, 0) is 38.5 Å². The van der Waals surface area contributed by atoms with Crippen molar-refractivity contribution in [3.05, 3.63) is 11.3 Å². The SMILES string of the molecule is CO[C@H]1C[C@@H](Oc2nc(N3CCCC3)nc3c2CCCC3)[C@H](O)[C@@H]1O. The number of aliphatic hydroxyl groups excluding tert-OH is 2. The molecule has 4 rings (SSSR count). The van der Waals surface area contributed by atoms with Gasteiger partial charge < -0.3 is 24.6 Å². The van der Waals surface area contributed by atoms with Gasteiger partial charge in [-0.3, -0.25) is 0 Å². The fraction of sp³-hybridized carbons (Fsp3) is 0.778. The number of ether oxygens (including phenoxy) is 2. The minimum atomic E-state index is -0.964. The van der Waals surface area contributed by atoms with E-state index >= 15 is 0 Å². The van der Waals surface area contributed by atoms with E-state index in [4.69, 9.17) is 19.4 Å². The van der Waals surface area contributed by atoms with Crippen molar-refractivity contribution in [1.82, 2.24) is 9.97 Å². The van der Waals surface area contributed by atoms with Gasteiger partial charge in [0.15, 0.2) is 0 Å². The normalized spacial score (nSPS) is 32.0. The van der Waals surface area contributed by atoms with Crippen LogP contribution in [-0.2, 0) is 17.6 Å². The maximum atomic E-state index is 10.3. The van der Waals surface area contributed by atoms with Crippen LogP contribution in [0.25, 0.3) is 0 Å². The third-order valence-corrected chi connectivity index (χ3v) is 5.66. The molecule has 0 radical (unpaired) electrons. The molecule has 2 fully saturated rings. The van der Waals surface area contributed by atoms with Gasteiger partial charge >= 0.3 is 0 Å². The Kier molecular flexibility index (Phi) is 4.80. The van der Waals surface area contributed by atoms with Crippen molar-refractivity contribution in [3.63, 3.8) is 0 Å². The highest BCUT2D eigenvalue weighted by molar-refractivity contribution is 5.42. The van der Waals surface area contributed by atoms with E-state index in [0.717, 1.165) is 56.0 Å². The molecule has 7 heteroatoms. The summed E-state index contributed by atoms with van der Waals surface area (Å²) in [6, 6.07) is 0. The highest BCUT2D eigenvalue weighted by Gasteiger charge is 2.44. The second-order valence-electron chi connectivity index (χ2n) is 7.30. The summed E-state index contributed by atoms with van der Waals surface area (Å²) in [4.78, 5) is 11.7. The van der Waals surface area contributed by atoms with Crippen molar-refractivity contribution in [2.45, 2.75) is 69.4 Å². The summed E-state index contributed by atoms with van der Waals surface area (Å²) in [5, 5.41) is 20.4. The fourth-order valence-electron chi connectivity index (χ4n) is 4.15. The first-order chi connectivity index (χ1) is 12.2. The summed E-state index contributed by atoms with van der Waals surface area (Å²) >= 11 is 0. The fourth-order valence-corrected chi connectivity index (χ4v) is 4.15. The summed E-state index contributed by atoms with van der Waals surface area (Å²) in [5.41, 5.74) is 2.14. The van der Waals surface area contributed by atoms with Crippen molar-refractivity contribution in [3.8, 4) is 5.88 Å². The predicted molar refractivity (Wildman–Crippen MR) is 92.0 cm³/mol. The minimum absolute atomic E-state index is 0.407. The number of hydrogen-bond acceptors (Lipinski definition) is 7. The maximum Gasteiger partial charge on any atom is 0.228 e. The van der Waals surface area contributed by atoms with Gasteiger partial charge in [0, 0.05) is 32.2 Å². The smallest absolute Gasteiger partial charge is 0.228 e. The van der Waals surface area contributed by atoms with Crippen LogP contribution in [0.1, 0.15) is 43.4 Å². The first-order valence-electron chi connectivity index (χ1n) is 9.37. The van der Waals surface area contributed by atoms with E-state index in [1.807, 2.05) is 0 Å². The zero-order valence-electron chi connectivity index (χ0n) is 14.7. The van der Waals surface area contributed by atoms with Crippen LogP contribution in [0.5, 0.6) is 5.88 Å². The standard InChI is InChI=1S/C18H27N3O4/c1-24-13-10-14(16(23)15(13)22)25-17-11-6-2-3-7-12(11)19-18(20-17)21-8-4-5-9-21/h13-16,22-23H,2-10H2,1H3/t13-,14+,15+,16-/m0/s1. The minimum Gasteiger partial charge on any atom is -0.471 e. The van der Waals surface area contributed by atoms with Gasteiger partial charge in [-0.2, -0.15) is 4.98 Å². The van der Waals surface area contributed by atoms with Crippen LogP contribution >= 0.6 is 0 Å². The predicted octanol–water partition coefficient (Wildman–Crippen LogP) is 0.843. The van der Waals surface area contributed by atoms with Crippen molar-refractivity contribution < 1.29 is 19.7 Å².